The molecule has 1 unspecified atom stereocenters. The summed E-state index contributed by atoms with van der Waals surface area (Å²) in [4.78, 5) is 16.1. The number of aromatic nitrogens is 2. The van der Waals surface area contributed by atoms with E-state index in [-0.39, 0.29) is 5.91 Å². The fraction of sp³-hybridized carbons (Fsp3) is 0.286. The first-order valence-electron chi connectivity index (χ1n) is 8.73. The highest BCUT2D eigenvalue weighted by Crippen LogP contribution is 2.30. The first-order valence-corrected chi connectivity index (χ1v) is 9.11. The molecule has 1 saturated heterocycles. The monoisotopic (exact) mass is 414 g/mol. The van der Waals surface area contributed by atoms with Gasteiger partial charge < -0.3 is 14.7 Å². The third-order valence-corrected chi connectivity index (χ3v) is 4.66. The summed E-state index contributed by atoms with van der Waals surface area (Å²) in [5.74, 6) is 3.45. The summed E-state index contributed by atoms with van der Waals surface area (Å²) in [6.07, 6.45) is 5.30. The lowest BCUT2D eigenvalue weighted by Crippen LogP contribution is -2.24. The second kappa shape index (κ2) is 9.41. The highest BCUT2D eigenvalue weighted by atomic mass is 35.5. The van der Waals surface area contributed by atoms with Gasteiger partial charge in [0.1, 0.15) is 17.6 Å². The van der Waals surface area contributed by atoms with Crippen LogP contribution in [0.2, 0.25) is 5.02 Å². The number of aliphatic imine (C=N–C) groups is 1. The molecule has 1 N–H and O–H groups in total. The normalized spacial score (nSPS) is 15.4. The number of hydrogen-bond donors (Lipinski definition) is 1. The Balaban J connectivity index is 0.000000313. The second-order valence-corrected chi connectivity index (χ2v) is 6.84. The number of methoxy groups -OCH3 is 1. The Bertz CT molecular complexity index is 979. The SMILES string of the molecule is C#Cc1cc(Cl)cc(-n2nc(C(=C)OC)c(C)c2N=C)c1.CN1CCC(O)C1=O. The van der Waals surface area contributed by atoms with Gasteiger partial charge in [-0.3, -0.25) is 4.79 Å². The van der Waals surface area contributed by atoms with Crippen molar-refractivity contribution in [1.82, 2.24) is 14.7 Å². The summed E-state index contributed by atoms with van der Waals surface area (Å²) in [6.45, 7) is 9.98. The first-order chi connectivity index (χ1) is 13.7. The number of halogens is 1. The van der Waals surface area contributed by atoms with Gasteiger partial charge in [-0.15, -0.1) is 6.42 Å². The average molecular weight is 415 g/mol. The molecule has 3 rings (SSSR count). The van der Waals surface area contributed by atoms with Crippen LogP contribution in [0.15, 0.2) is 29.8 Å². The maximum atomic E-state index is 10.6. The second-order valence-electron chi connectivity index (χ2n) is 6.40. The average Bonchev–Trinajstić information content (AvgIpc) is 3.20. The fourth-order valence-corrected chi connectivity index (χ4v) is 3.03. The van der Waals surface area contributed by atoms with Crippen LogP contribution in [0.5, 0.6) is 0 Å². The maximum Gasteiger partial charge on any atom is 0.251 e. The number of hydrogen-bond acceptors (Lipinski definition) is 5. The van der Waals surface area contributed by atoms with Crippen molar-refractivity contribution in [2.24, 2.45) is 4.99 Å². The van der Waals surface area contributed by atoms with Crippen LogP contribution < -0.4 is 0 Å². The molecule has 0 saturated carbocycles. The number of nitrogens with zero attached hydrogens (tertiary/aromatic N) is 4. The van der Waals surface area contributed by atoms with Gasteiger partial charge in [0.25, 0.3) is 5.91 Å². The third kappa shape index (κ3) is 4.86. The van der Waals surface area contributed by atoms with Crippen molar-refractivity contribution in [3.63, 3.8) is 0 Å². The minimum Gasteiger partial charge on any atom is -0.495 e. The van der Waals surface area contributed by atoms with Crippen molar-refractivity contribution in [1.29, 1.82) is 0 Å². The lowest BCUT2D eigenvalue weighted by atomic mass is 10.2. The number of benzene rings is 1. The number of likely N-dealkylation sites (tertiary alicyclic amines) is 1. The van der Waals surface area contributed by atoms with Crippen LogP contribution in [0.3, 0.4) is 0 Å². The highest BCUT2D eigenvalue weighted by Gasteiger charge is 2.26. The van der Waals surface area contributed by atoms with Crippen LogP contribution >= 0.6 is 11.6 Å². The molecule has 152 valence electrons. The molecule has 0 radical (unpaired) electrons. The molecular weight excluding hydrogens is 392 g/mol. The van der Waals surface area contributed by atoms with Crippen LogP contribution in [0.1, 0.15) is 23.2 Å². The molecule has 1 aliphatic heterocycles. The first kappa shape index (κ1) is 22.2. The highest BCUT2D eigenvalue weighted by molar-refractivity contribution is 6.30. The van der Waals surface area contributed by atoms with E-state index in [4.69, 9.17) is 27.9 Å². The van der Waals surface area contributed by atoms with Gasteiger partial charge in [0, 0.05) is 29.7 Å². The molecule has 1 amide bonds. The van der Waals surface area contributed by atoms with Crippen molar-refractivity contribution < 1.29 is 14.6 Å². The number of rotatable bonds is 4. The molecule has 0 spiro atoms. The quantitative estimate of drug-likeness (QED) is 0.474. The van der Waals surface area contributed by atoms with Gasteiger partial charge in [-0.25, -0.2) is 9.67 Å². The number of terminal acetylenes is 1. The molecule has 1 aromatic carbocycles. The van der Waals surface area contributed by atoms with Crippen molar-refractivity contribution in [3.05, 3.63) is 46.6 Å². The summed E-state index contributed by atoms with van der Waals surface area (Å²) in [5.41, 5.74) is 2.80. The molecule has 2 heterocycles. The predicted molar refractivity (Wildman–Crippen MR) is 115 cm³/mol. The Labute approximate surface area is 175 Å². The van der Waals surface area contributed by atoms with Crippen molar-refractivity contribution >= 4 is 35.8 Å². The van der Waals surface area contributed by atoms with E-state index in [9.17, 15) is 4.79 Å². The largest absolute Gasteiger partial charge is 0.495 e. The summed E-state index contributed by atoms with van der Waals surface area (Å²) >= 11 is 6.09. The number of ether oxygens (including phenoxy) is 1. The van der Waals surface area contributed by atoms with E-state index in [0.29, 0.717) is 46.5 Å². The van der Waals surface area contributed by atoms with E-state index >= 15 is 0 Å². The molecule has 2 aromatic rings. The van der Waals surface area contributed by atoms with Gasteiger partial charge in [-0.2, -0.15) is 5.10 Å². The van der Waals surface area contributed by atoms with Gasteiger partial charge in [0.15, 0.2) is 5.82 Å². The maximum absolute atomic E-state index is 10.6. The Morgan fingerprint density at radius 1 is 1.48 bits per heavy atom. The number of aliphatic hydroxyl groups excluding tert-OH is 1. The van der Waals surface area contributed by atoms with E-state index in [0.717, 1.165) is 5.56 Å². The van der Waals surface area contributed by atoms with Crippen LogP contribution in [-0.2, 0) is 9.53 Å². The summed E-state index contributed by atoms with van der Waals surface area (Å²) in [5, 5.41) is 13.8. The summed E-state index contributed by atoms with van der Waals surface area (Å²) in [6, 6.07) is 5.26. The molecule has 7 nitrogen and oxygen atoms in total. The van der Waals surface area contributed by atoms with Gasteiger partial charge in [0.05, 0.1) is 12.8 Å². The Morgan fingerprint density at radius 2 is 2.17 bits per heavy atom. The Hall–Kier alpha value is -3.08. The topological polar surface area (TPSA) is 79.9 Å². The van der Waals surface area contributed by atoms with Crippen LogP contribution in [0.4, 0.5) is 5.82 Å². The predicted octanol–water partition coefficient (Wildman–Crippen LogP) is 2.97. The minimum absolute atomic E-state index is 0.148. The Kier molecular flexibility index (Phi) is 7.21. The number of likely N-dealkylation sites (N-methyl/N-ethyl adjacent to an activating group) is 1. The lowest BCUT2D eigenvalue weighted by molar-refractivity contribution is -0.133. The molecule has 1 atom stereocenters. The van der Waals surface area contributed by atoms with Gasteiger partial charge in [-0.05, 0) is 38.3 Å². The van der Waals surface area contributed by atoms with Crippen LogP contribution in [-0.4, -0.2) is 59.2 Å². The lowest BCUT2D eigenvalue weighted by Gasteiger charge is -2.06. The van der Waals surface area contributed by atoms with Crippen molar-refractivity contribution in [3.8, 4) is 18.0 Å². The molecule has 0 aliphatic carbocycles. The number of carbonyl (C=O) groups is 1. The third-order valence-electron chi connectivity index (χ3n) is 4.44. The van der Waals surface area contributed by atoms with Crippen molar-refractivity contribution in [2.45, 2.75) is 19.4 Å². The van der Waals surface area contributed by atoms with Gasteiger partial charge in [-0.1, -0.05) is 24.1 Å². The van der Waals surface area contributed by atoms with E-state index in [1.807, 2.05) is 6.92 Å². The standard InChI is InChI=1S/C16H14ClN3O.C5H9NO2/c1-6-12-7-13(17)9-14(8-12)20-16(18-4)10(2)15(19-20)11(3)21-5;1-6-3-2-4(7)5(6)8/h1,7-9H,3-4H2,2,5H3;4,7H,2-3H2,1H3. The zero-order valence-corrected chi connectivity index (χ0v) is 17.4. The number of aliphatic hydroxyl groups is 1. The molecule has 8 heteroatoms. The molecular formula is C21H23ClN4O3. The molecule has 1 aromatic heterocycles. The zero-order valence-electron chi connectivity index (χ0n) is 16.6. The van der Waals surface area contributed by atoms with Crippen LogP contribution in [0.25, 0.3) is 11.4 Å². The van der Waals surface area contributed by atoms with E-state index in [1.165, 1.54) is 12.0 Å². The van der Waals surface area contributed by atoms with Crippen LogP contribution in [0, 0.1) is 19.3 Å². The summed E-state index contributed by atoms with van der Waals surface area (Å²) in [7, 11) is 3.23. The Morgan fingerprint density at radius 3 is 2.62 bits per heavy atom. The molecule has 0 bridgehead atoms. The van der Waals surface area contributed by atoms with E-state index in [2.05, 4.69) is 29.3 Å². The minimum atomic E-state index is -0.722. The molecule has 1 fully saturated rings. The molecule has 1 aliphatic rings. The molecule has 29 heavy (non-hydrogen) atoms. The zero-order chi connectivity index (χ0) is 21.7. The van der Waals surface area contributed by atoms with E-state index in [1.54, 1.807) is 29.9 Å². The van der Waals surface area contributed by atoms with Crippen molar-refractivity contribution in [2.75, 3.05) is 20.7 Å². The summed E-state index contributed by atoms with van der Waals surface area (Å²) < 4.78 is 6.76. The van der Waals surface area contributed by atoms with Gasteiger partial charge in [0.2, 0.25) is 0 Å². The van der Waals surface area contributed by atoms with Gasteiger partial charge >= 0.3 is 0 Å². The van der Waals surface area contributed by atoms with E-state index < -0.39 is 6.10 Å². The smallest absolute Gasteiger partial charge is 0.251 e. The fourth-order valence-electron chi connectivity index (χ4n) is 2.80. The number of carbonyl (C=O) groups excluding carboxylic acids is 1. The number of amides is 1.